The lowest BCUT2D eigenvalue weighted by Gasteiger charge is -2.23. The second-order valence-corrected chi connectivity index (χ2v) is 2.02. The van der Waals surface area contributed by atoms with Crippen molar-refractivity contribution in [2.75, 3.05) is 26.9 Å². The van der Waals surface area contributed by atoms with Gasteiger partial charge in [-0.15, -0.1) is 14.5 Å². The molecule has 4 nitrogen and oxygen atoms in total. The normalized spacial score (nSPS) is 11.0. The van der Waals surface area contributed by atoms with Gasteiger partial charge in [0.25, 0.3) is 0 Å². The fourth-order valence-corrected chi connectivity index (χ4v) is 0.815. The van der Waals surface area contributed by atoms with Crippen molar-refractivity contribution in [3.63, 3.8) is 0 Å². The van der Waals surface area contributed by atoms with Gasteiger partial charge in [0.05, 0.1) is 4.97 Å². The maximum Gasteiger partial charge on any atom is 0.168 e. The molecule has 0 aromatic carbocycles. The first-order valence-corrected chi connectivity index (χ1v) is 3.98. The molecule has 0 spiro atoms. The summed E-state index contributed by atoms with van der Waals surface area (Å²) in [5.74, 6) is 0. The minimum Gasteiger partial charge on any atom is -1.00 e. The molecule has 0 aromatic heterocycles. The summed E-state index contributed by atoms with van der Waals surface area (Å²) in [4.78, 5) is 15.4. The maximum atomic E-state index is 5.20. The van der Waals surface area contributed by atoms with Gasteiger partial charge in [0, 0.05) is 0 Å². The lowest BCUT2D eigenvalue weighted by molar-refractivity contribution is -1.36. The Hall–Kier alpha value is -0.230. The van der Waals surface area contributed by atoms with Crippen molar-refractivity contribution in [2.24, 2.45) is 0 Å². The molecule has 12 heavy (non-hydrogen) atoms. The average Bonchev–Trinajstić information content (AvgIpc) is 1.88. The van der Waals surface area contributed by atoms with Gasteiger partial charge in [0.15, 0.2) is 7.05 Å². The molecule has 0 atom stereocenters. The second kappa shape index (κ2) is 7.42. The Bertz CT molecular complexity index is 85.6. The van der Waals surface area contributed by atoms with Crippen LogP contribution in [0.3, 0.4) is 0 Å². The highest BCUT2D eigenvalue weighted by Gasteiger charge is 2.25. The molecule has 0 aliphatic carbocycles. The highest BCUT2D eigenvalue weighted by Crippen LogP contribution is 2.06. The second-order valence-electron chi connectivity index (χ2n) is 2.02. The van der Waals surface area contributed by atoms with Crippen LogP contribution in [0.4, 0.5) is 0 Å². The summed E-state index contributed by atoms with van der Waals surface area (Å²) in [6.45, 7) is 7.39. The van der Waals surface area contributed by atoms with E-state index in [0.29, 0.717) is 19.8 Å². The molecule has 0 bridgehead atoms. The zero-order chi connectivity index (χ0) is 8.74. The van der Waals surface area contributed by atoms with E-state index in [-0.39, 0.29) is 9.68 Å². The summed E-state index contributed by atoms with van der Waals surface area (Å²) in [5.41, 5.74) is 0. The molecule has 0 amide bonds. The Morgan fingerprint density at radius 1 is 0.833 bits per heavy atom. The molecule has 0 saturated carbocycles. The largest absolute Gasteiger partial charge is 1.00 e. The van der Waals surface area contributed by atoms with Crippen LogP contribution in [-0.4, -0.2) is 31.8 Å². The number of hydrogen-bond acceptors (Lipinski definition) is 3. The summed E-state index contributed by atoms with van der Waals surface area (Å²) < 4.78 is 0. The number of nitrogens with zero attached hydrogens (tertiary/aromatic N) is 1. The summed E-state index contributed by atoms with van der Waals surface area (Å²) in [6, 6.07) is 0. The quantitative estimate of drug-likeness (QED) is 0.362. The van der Waals surface area contributed by atoms with Crippen LogP contribution in [0.2, 0.25) is 0 Å². The van der Waals surface area contributed by atoms with Gasteiger partial charge in [0.2, 0.25) is 0 Å². The van der Waals surface area contributed by atoms with Crippen molar-refractivity contribution < 1.29 is 24.2 Å². The summed E-state index contributed by atoms with van der Waals surface area (Å²) >= 11 is 0. The van der Waals surface area contributed by atoms with Crippen molar-refractivity contribution in [1.29, 1.82) is 0 Å². The monoisotopic (exact) mass is 183 g/mol. The Kier molecular flexibility index (Phi) is 8.84. The Balaban J connectivity index is 0. The molecule has 0 rings (SSSR count). The molecule has 0 N–H and O–H groups in total. The third-order valence-electron chi connectivity index (χ3n) is 1.09. The van der Waals surface area contributed by atoms with Gasteiger partial charge < -0.3 is 4.70 Å². The van der Waals surface area contributed by atoms with Crippen LogP contribution in [0.15, 0.2) is 0 Å². The van der Waals surface area contributed by atoms with Gasteiger partial charge in [0.1, 0.15) is 19.8 Å². The van der Waals surface area contributed by atoms with Crippen LogP contribution >= 0.6 is 0 Å². The minimum absolute atomic E-state index is 0. The van der Waals surface area contributed by atoms with Gasteiger partial charge in [-0.25, -0.2) is 0 Å². The highest BCUT2D eigenvalue weighted by atomic mass is 19.0. The van der Waals surface area contributed by atoms with Crippen molar-refractivity contribution in [2.45, 2.75) is 20.8 Å². The van der Waals surface area contributed by atoms with E-state index in [1.165, 1.54) is 0 Å². The van der Waals surface area contributed by atoms with Gasteiger partial charge >= 0.3 is 0 Å². The van der Waals surface area contributed by atoms with Crippen molar-refractivity contribution in [3.05, 3.63) is 0 Å². The summed E-state index contributed by atoms with van der Waals surface area (Å²) in [6.07, 6.45) is 0. The molecule has 0 fully saturated rings. The number of hydroxylamine groups is 3. The first-order valence-electron chi connectivity index (χ1n) is 3.98. The van der Waals surface area contributed by atoms with Crippen LogP contribution in [0.1, 0.15) is 20.8 Å². The third-order valence-corrected chi connectivity index (χ3v) is 1.09. The van der Waals surface area contributed by atoms with E-state index < -0.39 is 0 Å². The molecule has 0 aromatic rings. The number of hydrogen-bond donors (Lipinski definition) is 0. The smallest absolute Gasteiger partial charge is 0.168 e. The van der Waals surface area contributed by atoms with Crippen LogP contribution in [0, 0.1) is 0 Å². The van der Waals surface area contributed by atoms with Crippen molar-refractivity contribution in [3.8, 4) is 0 Å². The fraction of sp³-hybridized carbons (Fsp3) is 1.00. The number of halogens is 1. The highest BCUT2D eigenvalue weighted by molar-refractivity contribution is 3.98. The fourth-order valence-electron chi connectivity index (χ4n) is 0.815. The average molecular weight is 183 g/mol. The standard InChI is InChI=1S/C7H18NO3.FH/c1-5-9-8(4,10-6-2)11-7-3;/h5-7H2,1-4H3;1H/q+1;/p-1. The predicted molar refractivity (Wildman–Crippen MR) is 41.1 cm³/mol. The van der Waals surface area contributed by atoms with Gasteiger partial charge in [-0.1, -0.05) is 0 Å². The summed E-state index contributed by atoms with van der Waals surface area (Å²) in [7, 11) is 1.72. The SMILES string of the molecule is CCO[N+](C)(OCC)OCC.[F-]. The Morgan fingerprint density at radius 3 is 1.25 bits per heavy atom. The topological polar surface area (TPSA) is 27.7 Å². The lowest BCUT2D eigenvalue weighted by Crippen LogP contribution is -3.00. The summed E-state index contributed by atoms with van der Waals surface area (Å²) in [5, 5.41) is 0. The molecule has 0 radical (unpaired) electrons. The molecule has 76 valence electrons. The van der Waals surface area contributed by atoms with E-state index in [1.807, 2.05) is 20.8 Å². The lowest BCUT2D eigenvalue weighted by atomic mass is 10.9. The Morgan fingerprint density at radius 2 is 1.08 bits per heavy atom. The number of rotatable bonds is 6. The molecular formula is C7H18FNO3. The predicted octanol–water partition coefficient (Wildman–Crippen LogP) is -1.71. The van der Waals surface area contributed by atoms with E-state index in [1.54, 1.807) is 7.05 Å². The van der Waals surface area contributed by atoms with Crippen molar-refractivity contribution in [1.82, 2.24) is 0 Å². The minimum atomic E-state index is -0.219. The zero-order valence-corrected chi connectivity index (χ0v) is 8.17. The van der Waals surface area contributed by atoms with Crippen LogP contribution < -0.4 is 4.70 Å². The molecular weight excluding hydrogens is 165 g/mol. The zero-order valence-electron chi connectivity index (χ0n) is 8.17. The Labute approximate surface area is 72.8 Å². The molecule has 0 aliphatic heterocycles. The van der Waals surface area contributed by atoms with Gasteiger partial charge in [-0.3, -0.25) is 0 Å². The first kappa shape index (κ1) is 14.3. The first-order chi connectivity index (χ1) is 5.18. The van der Waals surface area contributed by atoms with Crippen LogP contribution in [0.25, 0.3) is 0 Å². The molecule has 0 heterocycles. The molecule has 0 aliphatic rings. The van der Waals surface area contributed by atoms with Crippen molar-refractivity contribution >= 4 is 0 Å². The van der Waals surface area contributed by atoms with E-state index in [0.717, 1.165) is 0 Å². The number of quaternary nitrogens is 1. The van der Waals surface area contributed by atoms with E-state index in [2.05, 4.69) is 0 Å². The van der Waals surface area contributed by atoms with Gasteiger partial charge in [-0.2, -0.15) is 0 Å². The van der Waals surface area contributed by atoms with E-state index in [4.69, 9.17) is 14.5 Å². The molecule has 0 saturated heterocycles. The van der Waals surface area contributed by atoms with Crippen LogP contribution in [0.5, 0.6) is 0 Å². The molecule has 0 unspecified atom stereocenters. The third kappa shape index (κ3) is 5.42. The maximum absolute atomic E-state index is 5.20. The van der Waals surface area contributed by atoms with E-state index >= 15 is 0 Å². The van der Waals surface area contributed by atoms with Gasteiger partial charge in [-0.05, 0) is 20.8 Å². The van der Waals surface area contributed by atoms with Crippen LogP contribution in [-0.2, 0) is 14.5 Å². The van der Waals surface area contributed by atoms with E-state index in [9.17, 15) is 0 Å². The molecule has 5 heteroatoms.